The highest BCUT2D eigenvalue weighted by Crippen LogP contribution is 2.36. The van der Waals surface area contributed by atoms with E-state index in [4.69, 9.17) is 9.31 Å². The molecule has 2 rings (SSSR count). The normalized spacial score (nSPS) is 29.5. The van der Waals surface area contributed by atoms with Gasteiger partial charge in [-0.15, -0.1) is 0 Å². The molecule has 0 radical (unpaired) electrons. The highest BCUT2D eigenvalue weighted by Gasteiger charge is 2.38. The average molecular weight is 182 g/mol. The van der Waals surface area contributed by atoms with Gasteiger partial charge in [0, 0.05) is 18.6 Å². The Balaban J connectivity index is 1.83. The van der Waals surface area contributed by atoms with Gasteiger partial charge < -0.3 is 9.31 Å². The molecule has 3 heteroatoms. The lowest BCUT2D eigenvalue weighted by Crippen LogP contribution is -2.42. The van der Waals surface area contributed by atoms with Crippen LogP contribution in [0, 0.1) is 5.41 Å². The maximum Gasteiger partial charge on any atom is 0.460 e. The van der Waals surface area contributed by atoms with Crippen LogP contribution in [0.3, 0.4) is 0 Å². The van der Waals surface area contributed by atoms with Crippen LogP contribution in [0.5, 0.6) is 0 Å². The lowest BCUT2D eigenvalue weighted by molar-refractivity contribution is 0.0241. The van der Waals surface area contributed by atoms with E-state index in [-0.39, 0.29) is 12.5 Å². The first-order valence-corrected chi connectivity index (χ1v) is 5.41. The van der Waals surface area contributed by atoms with Crippen LogP contribution in [0.1, 0.15) is 39.5 Å². The molecule has 1 saturated carbocycles. The second-order valence-electron chi connectivity index (χ2n) is 5.20. The van der Waals surface area contributed by atoms with E-state index in [1.54, 1.807) is 0 Å². The van der Waals surface area contributed by atoms with Gasteiger partial charge in [0.05, 0.1) is 0 Å². The first-order valence-electron chi connectivity index (χ1n) is 5.41. The SMILES string of the molecule is CC1(C)COB(C2CCCC2)OC1. The minimum absolute atomic E-state index is 0.107. The van der Waals surface area contributed by atoms with Crippen molar-refractivity contribution in [1.82, 2.24) is 0 Å². The lowest BCUT2D eigenvalue weighted by atomic mass is 9.69. The molecule has 1 saturated heterocycles. The van der Waals surface area contributed by atoms with Gasteiger partial charge in [0.25, 0.3) is 0 Å². The Morgan fingerprint density at radius 1 is 1.08 bits per heavy atom. The van der Waals surface area contributed by atoms with E-state index in [1.807, 2.05) is 0 Å². The van der Waals surface area contributed by atoms with E-state index in [2.05, 4.69) is 13.8 Å². The van der Waals surface area contributed by atoms with E-state index >= 15 is 0 Å². The zero-order valence-electron chi connectivity index (χ0n) is 8.71. The molecule has 2 fully saturated rings. The Bertz CT molecular complexity index is 166. The summed E-state index contributed by atoms with van der Waals surface area (Å²) in [7, 11) is 0.107. The summed E-state index contributed by atoms with van der Waals surface area (Å²) in [6.07, 6.45) is 5.31. The van der Waals surface area contributed by atoms with Gasteiger partial charge in [-0.2, -0.15) is 0 Å². The van der Waals surface area contributed by atoms with Gasteiger partial charge >= 0.3 is 7.12 Å². The first kappa shape index (κ1) is 9.54. The van der Waals surface area contributed by atoms with Crippen molar-refractivity contribution >= 4 is 7.12 Å². The van der Waals surface area contributed by atoms with Crippen LogP contribution < -0.4 is 0 Å². The molecule has 13 heavy (non-hydrogen) atoms. The van der Waals surface area contributed by atoms with E-state index in [1.165, 1.54) is 25.7 Å². The van der Waals surface area contributed by atoms with Gasteiger partial charge in [0.15, 0.2) is 0 Å². The monoisotopic (exact) mass is 182 g/mol. The van der Waals surface area contributed by atoms with Crippen molar-refractivity contribution in [1.29, 1.82) is 0 Å². The molecule has 0 aromatic heterocycles. The van der Waals surface area contributed by atoms with Crippen LogP contribution >= 0.6 is 0 Å². The predicted molar refractivity (Wildman–Crippen MR) is 53.7 cm³/mol. The summed E-state index contributed by atoms with van der Waals surface area (Å²) in [6.45, 7) is 6.10. The van der Waals surface area contributed by atoms with Crippen LogP contribution in [0.2, 0.25) is 5.82 Å². The first-order chi connectivity index (χ1) is 6.17. The van der Waals surface area contributed by atoms with Crippen molar-refractivity contribution in [2.75, 3.05) is 13.2 Å². The Morgan fingerprint density at radius 2 is 1.62 bits per heavy atom. The van der Waals surface area contributed by atoms with Crippen molar-refractivity contribution < 1.29 is 9.31 Å². The molecule has 0 N–H and O–H groups in total. The molecular formula is C10H19BO2. The summed E-state index contributed by atoms with van der Waals surface area (Å²) in [5.41, 5.74) is 0.217. The van der Waals surface area contributed by atoms with E-state index in [0.717, 1.165) is 13.2 Å². The molecule has 0 amide bonds. The van der Waals surface area contributed by atoms with Crippen molar-refractivity contribution in [3.63, 3.8) is 0 Å². The zero-order valence-corrected chi connectivity index (χ0v) is 8.71. The Morgan fingerprint density at radius 3 is 2.15 bits per heavy atom. The number of rotatable bonds is 1. The Kier molecular flexibility index (Phi) is 2.66. The average Bonchev–Trinajstić information content (AvgIpc) is 2.56. The number of hydrogen-bond donors (Lipinski definition) is 0. The lowest BCUT2D eigenvalue weighted by Gasteiger charge is -2.35. The second kappa shape index (κ2) is 3.62. The van der Waals surface area contributed by atoms with Crippen LogP contribution in [-0.2, 0) is 9.31 Å². The molecule has 1 heterocycles. The van der Waals surface area contributed by atoms with Crippen LogP contribution in [0.4, 0.5) is 0 Å². The second-order valence-corrected chi connectivity index (χ2v) is 5.20. The molecule has 1 aliphatic carbocycles. The third-order valence-electron chi connectivity index (χ3n) is 3.06. The molecular weight excluding hydrogens is 163 g/mol. The fraction of sp³-hybridized carbons (Fsp3) is 1.00. The van der Waals surface area contributed by atoms with E-state index in [9.17, 15) is 0 Å². The summed E-state index contributed by atoms with van der Waals surface area (Å²) in [6, 6.07) is 0. The fourth-order valence-corrected chi connectivity index (χ4v) is 2.21. The van der Waals surface area contributed by atoms with Crippen molar-refractivity contribution in [3.05, 3.63) is 0 Å². The highest BCUT2D eigenvalue weighted by atomic mass is 16.6. The molecule has 0 atom stereocenters. The van der Waals surface area contributed by atoms with Crippen molar-refractivity contribution in [2.24, 2.45) is 5.41 Å². The van der Waals surface area contributed by atoms with Crippen LogP contribution in [0.15, 0.2) is 0 Å². The fourth-order valence-electron chi connectivity index (χ4n) is 2.21. The third-order valence-corrected chi connectivity index (χ3v) is 3.06. The van der Waals surface area contributed by atoms with Gasteiger partial charge in [-0.1, -0.05) is 39.5 Å². The smallest absolute Gasteiger partial charge is 0.410 e. The van der Waals surface area contributed by atoms with Crippen LogP contribution in [-0.4, -0.2) is 20.3 Å². The molecule has 1 aliphatic heterocycles. The predicted octanol–water partition coefficient (Wildman–Crippen LogP) is 2.49. The Labute approximate surface area is 81.1 Å². The molecule has 2 nitrogen and oxygen atoms in total. The topological polar surface area (TPSA) is 18.5 Å². The maximum atomic E-state index is 5.75. The zero-order chi connectivity index (χ0) is 9.31. The number of hydrogen-bond acceptors (Lipinski definition) is 2. The summed E-state index contributed by atoms with van der Waals surface area (Å²) >= 11 is 0. The van der Waals surface area contributed by atoms with E-state index in [0.29, 0.717) is 5.82 Å². The summed E-state index contributed by atoms with van der Waals surface area (Å²) in [5, 5.41) is 0. The summed E-state index contributed by atoms with van der Waals surface area (Å²) in [4.78, 5) is 0. The quantitative estimate of drug-likeness (QED) is 0.580. The molecule has 0 bridgehead atoms. The molecule has 0 unspecified atom stereocenters. The molecule has 0 spiro atoms. The maximum absolute atomic E-state index is 5.75. The van der Waals surface area contributed by atoms with Gasteiger partial charge in [-0.3, -0.25) is 0 Å². The van der Waals surface area contributed by atoms with E-state index < -0.39 is 0 Å². The minimum Gasteiger partial charge on any atom is -0.410 e. The molecule has 2 aliphatic rings. The largest absolute Gasteiger partial charge is 0.460 e. The molecule has 0 aromatic rings. The third kappa shape index (κ3) is 2.26. The Hall–Kier alpha value is -0.0151. The minimum atomic E-state index is 0.107. The summed E-state index contributed by atoms with van der Waals surface area (Å²) < 4.78 is 11.5. The van der Waals surface area contributed by atoms with Gasteiger partial charge in [0.1, 0.15) is 0 Å². The van der Waals surface area contributed by atoms with Crippen LogP contribution in [0.25, 0.3) is 0 Å². The molecule has 0 aromatic carbocycles. The van der Waals surface area contributed by atoms with Gasteiger partial charge in [0.2, 0.25) is 0 Å². The van der Waals surface area contributed by atoms with Crippen molar-refractivity contribution in [3.8, 4) is 0 Å². The standard InChI is InChI=1S/C10H19BO2/c1-10(2)7-12-11(13-8-10)9-5-3-4-6-9/h9H,3-8H2,1-2H3. The highest BCUT2D eigenvalue weighted by molar-refractivity contribution is 6.46. The van der Waals surface area contributed by atoms with Gasteiger partial charge in [-0.25, -0.2) is 0 Å². The molecule has 74 valence electrons. The van der Waals surface area contributed by atoms with Crippen molar-refractivity contribution in [2.45, 2.75) is 45.3 Å². The van der Waals surface area contributed by atoms with Gasteiger partial charge in [-0.05, 0) is 5.82 Å². The summed E-state index contributed by atoms with van der Waals surface area (Å²) in [5.74, 6) is 0.677.